The fraction of sp³-hybridized carbons (Fsp3) is 0.212. The first-order valence-electron chi connectivity index (χ1n) is 13.9. The second-order valence-corrected chi connectivity index (χ2v) is 11.1. The molecule has 4 aromatic rings. The molecule has 0 N–H and O–H groups in total. The topological polar surface area (TPSA) is 111 Å². The summed E-state index contributed by atoms with van der Waals surface area (Å²) in [6, 6.07) is 19.5. The molecule has 44 heavy (non-hydrogen) atoms. The molecule has 11 heteroatoms. The summed E-state index contributed by atoms with van der Waals surface area (Å²) in [6.45, 7) is 4.57. The molecular weight excluding hydrogens is 597 g/mol. The Kier molecular flexibility index (Phi) is 11.4. The van der Waals surface area contributed by atoms with Crippen molar-refractivity contribution in [3.05, 3.63) is 105 Å². The molecule has 2 aromatic heterocycles. The number of esters is 2. The van der Waals surface area contributed by atoms with Crippen LogP contribution in [-0.2, 0) is 19.1 Å². The highest BCUT2D eigenvalue weighted by atomic mass is 32.1. The van der Waals surface area contributed by atoms with Crippen LogP contribution in [0.4, 0.5) is 0 Å². The van der Waals surface area contributed by atoms with E-state index in [1.807, 2.05) is 66.0 Å². The third-order valence-electron chi connectivity index (χ3n) is 5.97. The molecule has 1 aliphatic rings. The lowest BCUT2D eigenvalue weighted by atomic mass is 10.1. The molecule has 226 valence electrons. The van der Waals surface area contributed by atoms with Crippen LogP contribution in [0.5, 0.6) is 0 Å². The minimum absolute atomic E-state index is 0.0224. The van der Waals surface area contributed by atoms with Gasteiger partial charge in [0.15, 0.2) is 5.01 Å². The van der Waals surface area contributed by atoms with Gasteiger partial charge in [0.05, 0.1) is 36.7 Å². The van der Waals surface area contributed by atoms with Crippen molar-refractivity contribution in [2.24, 2.45) is 4.99 Å². The molecular formula is C33H32N4O5S2. The molecule has 2 aromatic carbocycles. The first-order chi connectivity index (χ1) is 21.3. The monoisotopic (exact) mass is 628 g/mol. The number of benzene rings is 2. The summed E-state index contributed by atoms with van der Waals surface area (Å²) in [5.74, 6) is -1.39. The number of carbonyl (C=O) groups excluding carboxylic acids is 3. The van der Waals surface area contributed by atoms with Crippen molar-refractivity contribution in [3.8, 4) is 22.5 Å². The summed E-state index contributed by atoms with van der Waals surface area (Å²) in [4.78, 5) is 51.5. The van der Waals surface area contributed by atoms with Crippen LogP contribution in [0.2, 0.25) is 0 Å². The predicted molar refractivity (Wildman–Crippen MR) is 174 cm³/mol. The Morgan fingerprint density at radius 2 is 1.43 bits per heavy atom. The van der Waals surface area contributed by atoms with Crippen molar-refractivity contribution in [2.75, 3.05) is 33.9 Å². The van der Waals surface area contributed by atoms with Crippen molar-refractivity contribution in [1.82, 2.24) is 14.9 Å². The summed E-state index contributed by atoms with van der Waals surface area (Å²) in [5, 5.41) is 4.81. The van der Waals surface area contributed by atoms with Crippen LogP contribution in [0, 0.1) is 0 Å². The number of thiazole rings is 2. The number of rotatable bonds is 10. The lowest BCUT2D eigenvalue weighted by Crippen LogP contribution is -2.19. The molecule has 9 nitrogen and oxygen atoms in total. The van der Waals surface area contributed by atoms with E-state index in [2.05, 4.69) is 15.0 Å². The molecule has 0 fully saturated rings. The number of aliphatic imine (C=N–C) groups is 1. The molecule has 0 saturated carbocycles. The Morgan fingerprint density at radius 3 is 2.02 bits per heavy atom. The summed E-state index contributed by atoms with van der Waals surface area (Å²) in [6.07, 6.45) is 3.25. The molecule has 0 radical (unpaired) electrons. The Morgan fingerprint density at radius 1 is 0.841 bits per heavy atom. The van der Waals surface area contributed by atoms with Gasteiger partial charge in [-0.15, -0.1) is 22.7 Å². The molecule has 0 saturated heterocycles. The Hall–Kier alpha value is -4.74. The van der Waals surface area contributed by atoms with Gasteiger partial charge in [-0.2, -0.15) is 0 Å². The zero-order valence-electron chi connectivity index (χ0n) is 24.9. The number of ketones is 1. The summed E-state index contributed by atoms with van der Waals surface area (Å²) in [7, 11) is 3.48. The number of carbonyl (C=O) groups is 3. The molecule has 0 atom stereocenters. The first kappa shape index (κ1) is 32.2. The lowest BCUT2D eigenvalue weighted by Gasteiger charge is -2.09. The van der Waals surface area contributed by atoms with E-state index in [9.17, 15) is 14.4 Å². The number of hydrogen-bond donors (Lipinski definition) is 0. The van der Waals surface area contributed by atoms with Gasteiger partial charge in [0.25, 0.3) is 0 Å². The highest BCUT2D eigenvalue weighted by Crippen LogP contribution is 2.26. The van der Waals surface area contributed by atoms with Gasteiger partial charge in [-0.3, -0.25) is 9.79 Å². The van der Waals surface area contributed by atoms with Crippen molar-refractivity contribution in [2.45, 2.75) is 13.8 Å². The van der Waals surface area contributed by atoms with Crippen LogP contribution in [0.15, 0.2) is 99.8 Å². The van der Waals surface area contributed by atoms with Gasteiger partial charge in [-0.05, 0) is 19.9 Å². The largest absolute Gasteiger partial charge is 0.462 e. The van der Waals surface area contributed by atoms with Gasteiger partial charge in [-0.25, -0.2) is 19.6 Å². The normalized spacial score (nSPS) is 12.4. The Balaban J connectivity index is 0.000000201. The molecule has 5 rings (SSSR count). The molecule has 0 aliphatic carbocycles. The van der Waals surface area contributed by atoms with Crippen LogP contribution < -0.4 is 0 Å². The second-order valence-electron chi connectivity index (χ2n) is 9.39. The molecule has 0 bridgehead atoms. The van der Waals surface area contributed by atoms with Gasteiger partial charge >= 0.3 is 11.9 Å². The van der Waals surface area contributed by atoms with E-state index in [-0.39, 0.29) is 23.2 Å². The molecule has 0 amide bonds. The maximum atomic E-state index is 12.6. The summed E-state index contributed by atoms with van der Waals surface area (Å²) in [5.41, 5.74) is 4.73. The number of nitrogens with zero attached hydrogens (tertiary/aromatic N) is 4. The van der Waals surface area contributed by atoms with Crippen LogP contribution in [0.25, 0.3) is 22.5 Å². The number of hydrogen-bond acceptors (Lipinski definition) is 11. The fourth-order valence-corrected chi connectivity index (χ4v) is 5.64. The van der Waals surface area contributed by atoms with Crippen LogP contribution in [0.1, 0.15) is 28.7 Å². The van der Waals surface area contributed by atoms with Crippen molar-refractivity contribution in [1.29, 1.82) is 0 Å². The maximum absolute atomic E-state index is 12.6. The van der Waals surface area contributed by atoms with Crippen molar-refractivity contribution < 1.29 is 23.9 Å². The highest BCUT2D eigenvalue weighted by Gasteiger charge is 2.25. The Labute approximate surface area is 264 Å². The Bertz CT molecular complexity index is 1690. The summed E-state index contributed by atoms with van der Waals surface area (Å²) < 4.78 is 10.0. The maximum Gasteiger partial charge on any atom is 0.343 e. The predicted octanol–water partition coefficient (Wildman–Crippen LogP) is 6.10. The average molecular weight is 629 g/mol. The number of ether oxygens (including phenoxy) is 2. The molecule has 0 spiro atoms. The molecule has 0 unspecified atom stereocenters. The van der Waals surface area contributed by atoms with Gasteiger partial charge in [0.2, 0.25) is 5.78 Å². The quantitative estimate of drug-likeness (QED) is 0.0681. The zero-order chi connectivity index (χ0) is 31.5. The van der Waals surface area contributed by atoms with Gasteiger partial charge in [-0.1, -0.05) is 60.7 Å². The highest BCUT2D eigenvalue weighted by molar-refractivity contribution is 7.12. The first-order valence-corrected chi connectivity index (χ1v) is 15.6. The standard InChI is InChI=1S/C17H18N2O3S.C16H14N2O2S/c1-4-22-17(21)13(10-19(2)3)15(20)16-18-14(11-23-16)12-8-6-5-7-9-12;1-2-20-16(19)12-8-9-17-14(12)15-18-13(10-21-15)11-6-4-3-5-7-11/h5-11H,4H2,1-3H3;3-8,10H,2,9H2,1H3/b13-10-;. The van der Waals surface area contributed by atoms with E-state index < -0.39 is 11.8 Å². The van der Waals surface area contributed by atoms with E-state index in [0.717, 1.165) is 21.8 Å². The number of aromatic nitrogens is 2. The number of Topliss-reactive ketones (excluding diaryl/α,β-unsaturated/α-hetero) is 1. The van der Waals surface area contributed by atoms with Crippen molar-refractivity contribution >= 4 is 46.1 Å². The smallest absolute Gasteiger partial charge is 0.343 e. The van der Waals surface area contributed by atoms with Crippen LogP contribution in [0.3, 0.4) is 0 Å². The third-order valence-corrected chi connectivity index (χ3v) is 7.66. The lowest BCUT2D eigenvalue weighted by molar-refractivity contribution is -0.138. The van der Waals surface area contributed by atoms with Gasteiger partial charge in [0.1, 0.15) is 16.3 Å². The SMILES string of the molecule is CCOC(=O)/C(=C\N(C)C)C(=O)c1nc(-c2ccccc2)cs1.CCOC(=O)C1=CCN=C1c1nc(-c2ccccc2)cs1. The fourth-order valence-electron chi connectivity index (χ4n) is 4.01. The van der Waals surface area contributed by atoms with E-state index in [0.29, 0.717) is 30.1 Å². The van der Waals surface area contributed by atoms with Gasteiger partial charge < -0.3 is 14.4 Å². The van der Waals surface area contributed by atoms with E-state index in [4.69, 9.17) is 9.47 Å². The minimum atomic E-state index is -0.636. The second kappa shape index (κ2) is 15.6. The van der Waals surface area contributed by atoms with Gasteiger partial charge in [0, 0.05) is 42.2 Å². The molecule has 1 aliphatic heterocycles. The van der Waals surface area contributed by atoms with E-state index in [1.54, 1.807) is 44.3 Å². The van der Waals surface area contributed by atoms with E-state index >= 15 is 0 Å². The minimum Gasteiger partial charge on any atom is -0.462 e. The molecule has 3 heterocycles. The average Bonchev–Trinajstić information content (AvgIpc) is 3.82. The van der Waals surface area contributed by atoms with E-state index in [1.165, 1.54) is 28.9 Å². The van der Waals surface area contributed by atoms with Crippen molar-refractivity contribution in [3.63, 3.8) is 0 Å². The van der Waals surface area contributed by atoms with Crippen LogP contribution >= 0.6 is 22.7 Å². The van der Waals surface area contributed by atoms with Crippen LogP contribution in [-0.4, -0.2) is 72.2 Å². The summed E-state index contributed by atoms with van der Waals surface area (Å²) >= 11 is 2.71. The third kappa shape index (κ3) is 8.21. The zero-order valence-corrected chi connectivity index (χ0v) is 26.5.